The van der Waals surface area contributed by atoms with Crippen molar-refractivity contribution in [1.29, 1.82) is 0 Å². The van der Waals surface area contributed by atoms with E-state index in [4.69, 9.17) is 0 Å². The second-order valence-electron chi connectivity index (χ2n) is 4.10. The summed E-state index contributed by atoms with van der Waals surface area (Å²) in [5, 5.41) is 10.5. The van der Waals surface area contributed by atoms with Crippen LogP contribution in [0.25, 0.3) is 11.0 Å². The van der Waals surface area contributed by atoms with Gasteiger partial charge >= 0.3 is 0 Å². The molecule has 0 bridgehead atoms. The molecule has 0 aliphatic carbocycles. The average Bonchev–Trinajstić information content (AvgIpc) is 2.85. The molecule has 7 nitrogen and oxygen atoms in total. The van der Waals surface area contributed by atoms with E-state index in [1.165, 1.54) is 6.33 Å². The molecule has 3 heterocycles. The van der Waals surface area contributed by atoms with Crippen LogP contribution in [-0.4, -0.2) is 46.1 Å². The van der Waals surface area contributed by atoms with Crippen LogP contribution in [0.1, 0.15) is 6.42 Å². The molecule has 1 aliphatic rings. The van der Waals surface area contributed by atoms with Crippen molar-refractivity contribution in [1.82, 2.24) is 20.2 Å². The largest absolute Gasteiger partial charge is 0.366 e. The molecule has 2 aromatic rings. The second kappa shape index (κ2) is 3.66. The van der Waals surface area contributed by atoms with E-state index in [0.29, 0.717) is 17.9 Å². The number of nitrogens with one attached hydrogen (secondary N) is 2. The molecule has 0 amide bonds. The molecule has 3 rings (SSSR count). The third-order valence-corrected chi connectivity index (χ3v) is 4.59. The number of aromatic amines is 1. The van der Waals surface area contributed by atoms with Crippen LogP contribution in [0.15, 0.2) is 12.5 Å². The van der Waals surface area contributed by atoms with E-state index in [1.54, 1.807) is 6.20 Å². The van der Waals surface area contributed by atoms with Gasteiger partial charge in [0.2, 0.25) is 0 Å². The SMILES string of the molecule is O=S1(=O)CC[C@H](Nc2ncnc3[nH]ncc23)C1. The van der Waals surface area contributed by atoms with Crippen molar-refractivity contribution in [3.05, 3.63) is 12.5 Å². The molecule has 17 heavy (non-hydrogen) atoms. The number of fused-ring (bicyclic) bond motifs is 1. The number of hydrogen-bond acceptors (Lipinski definition) is 6. The van der Waals surface area contributed by atoms with E-state index in [1.807, 2.05) is 0 Å². The number of nitrogens with zero attached hydrogens (tertiary/aromatic N) is 3. The molecule has 0 spiro atoms. The quantitative estimate of drug-likeness (QED) is 0.778. The maximum absolute atomic E-state index is 11.4. The summed E-state index contributed by atoms with van der Waals surface area (Å²) >= 11 is 0. The van der Waals surface area contributed by atoms with Gasteiger partial charge in [-0.05, 0) is 6.42 Å². The number of hydrogen-bond donors (Lipinski definition) is 2. The molecule has 90 valence electrons. The van der Waals surface area contributed by atoms with Crippen LogP contribution < -0.4 is 5.32 Å². The van der Waals surface area contributed by atoms with Crippen molar-refractivity contribution in [2.24, 2.45) is 0 Å². The predicted molar refractivity (Wildman–Crippen MR) is 62.4 cm³/mol. The van der Waals surface area contributed by atoms with Crippen LogP contribution in [0.3, 0.4) is 0 Å². The first-order valence-corrected chi connectivity index (χ1v) is 7.07. The number of aromatic nitrogens is 4. The minimum Gasteiger partial charge on any atom is -0.366 e. The van der Waals surface area contributed by atoms with Gasteiger partial charge in [0.15, 0.2) is 15.5 Å². The van der Waals surface area contributed by atoms with Crippen molar-refractivity contribution in [3.63, 3.8) is 0 Å². The predicted octanol–water partition coefficient (Wildman–Crippen LogP) is -0.0481. The van der Waals surface area contributed by atoms with Crippen LogP contribution in [0.5, 0.6) is 0 Å². The normalized spacial score (nSPS) is 22.9. The molecule has 1 fully saturated rings. The Bertz CT molecular complexity index is 650. The molecule has 1 saturated heterocycles. The Labute approximate surface area is 97.6 Å². The fourth-order valence-electron chi connectivity index (χ4n) is 1.98. The summed E-state index contributed by atoms with van der Waals surface area (Å²) in [6.45, 7) is 0. The van der Waals surface area contributed by atoms with E-state index in [9.17, 15) is 8.42 Å². The van der Waals surface area contributed by atoms with Crippen LogP contribution >= 0.6 is 0 Å². The van der Waals surface area contributed by atoms with Crippen LogP contribution in [0.2, 0.25) is 0 Å². The second-order valence-corrected chi connectivity index (χ2v) is 6.33. The lowest BCUT2D eigenvalue weighted by molar-refractivity contribution is 0.602. The third kappa shape index (κ3) is 1.95. The van der Waals surface area contributed by atoms with Gasteiger partial charge in [-0.25, -0.2) is 18.4 Å². The molecule has 0 aromatic carbocycles. The molecule has 2 N–H and O–H groups in total. The van der Waals surface area contributed by atoms with Gasteiger partial charge in [0, 0.05) is 6.04 Å². The van der Waals surface area contributed by atoms with E-state index in [-0.39, 0.29) is 17.5 Å². The van der Waals surface area contributed by atoms with Gasteiger partial charge in [0.1, 0.15) is 12.1 Å². The van der Waals surface area contributed by atoms with Gasteiger partial charge in [0.05, 0.1) is 23.1 Å². The highest BCUT2D eigenvalue weighted by Crippen LogP contribution is 2.20. The summed E-state index contributed by atoms with van der Waals surface area (Å²) in [6.07, 6.45) is 3.67. The highest BCUT2D eigenvalue weighted by Gasteiger charge is 2.28. The van der Waals surface area contributed by atoms with Crippen LogP contribution in [-0.2, 0) is 9.84 Å². The number of H-pyrrole nitrogens is 1. The van der Waals surface area contributed by atoms with E-state index in [0.717, 1.165) is 5.39 Å². The van der Waals surface area contributed by atoms with Crippen molar-refractivity contribution in [2.75, 3.05) is 16.8 Å². The minimum absolute atomic E-state index is 0.0759. The maximum Gasteiger partial charge on any atom is 0.160 e. The van der Waals surface area contributed by atoms with Crippen molar-refractivity contribution < 1.29 is 8.42 Å². The zero-order chi connectivity index (χ0) is 11.9. The first-order valence-electron chi connectivity index (χ1n) is 5.25. The third-order valence-electron chi connectivity index (χ3n) is 2.82. The zero-order valence-corrected chi connectivity index (χ0v) is 9.74. The van der Waals surface area contributed by atoms with Crippen molar-refractivity contribution >= 4 is 26.7 Å². The van der Waals surface area contributed by atoms with Gasteiger partial charge in [-0.2, -0.15) is 5.10 Å². The number of sulfone groups is 1. The molecule has 2 aromatic heterocycles. The molecular weight excluding hydrogens is 242 g/mol. The molecule has 1 aliphatic heterocycles. The summed E-state index contributed by atoms with van der Waals surface area (Å²) < 4.78 is 22.7. The fourth-order valence-corrected chi connectivity index (χ4v) is 3.66. The Morgan fingerprint density at radius 3 is 3.06 bits per heavy atom. The molecule has 8 heteroatoms. The number of anilines is 1. The van der Waals surface area contributed by atoms with Gasteiger partial charge < -0.3 is 5.32 Å². The highest BCUT2D eigenvalue weighted by molar-refractivity contribution is 7.91. The Morgan fingerprint density at radius 2 is 2.29 bits per heavy atom. The Balaban J connectivity index is 1.88. The molecule has 0 unspecified atom stereocenters. The lowest BCUT2D eigenvalue weighted by atomic mass is 10.2. The Kier molecular flexibility index (Phi) is 2.25. The molecule has 0 saturated carbocycles. The van der Waals surface area contributed by atoms with E-state index >= 15 is 0 Å². The molecule has 1 atom stereocenters. The van der Waals surface area contributed by atoms with Gasteiger partial charge in [-0.15, -0.1) is 0 Å². The highest BCUT2D eigenvalue weighted by atomic mass is 32.2. The lowest BCUT2D eigenvalue weighted by Crippen LogP contribution is -2.21. The average molecular weight is 253 g/mol. The van der Waals surface area contributed by atoms with Gasteiger partial charge in [-0.1, -0.05) is 0 Å². The minimum atomic E-state index is -2.88. The number of rotatable bonds is 2. The van der Waals surface area contributed by atoms with Crippen molar-refractivity contribution in [3.8, 4) is 0 Å². The first kappa shape index (κ1) is 10.5. The van der Waals surface area contributed by atoms with Crippen LogP contribution in [0.4, 0.5) is 5.82 Å². The lowest BCUT2D eigenvalue weighted by Gasteiger charge is -2.11. The summed E-state index contributed by atoms with van der Waals surface area (Å²) in [5.74, 6) is 1.03. The first-order chi connectivity index (χ1) is 8.14. The van der Waals surface area contributed by atoms with E-state index < -0.39 is 9.84 Å². The van der Waals surface area contributed by atoms with Gasteiger partial charge in [-0.3, -0.25) is 5.10 Å². The monoisotopic (exact) mass is 253 g/mol. The summed E-state index contributed by atoms with van der Waals surface area (Å²) in [7, 11) is -2.88. The zero-order valence-electron chi connectivity index (χ0n) is 8.92. The topological polar surface area (TPSA) is 101 Å². The fraction of sp³-hybridized carbons (Fsp3) is 0.444. The standard InChI is InChI=1S/C9H11N5O2S/c15-17(16)2-1-6(4-17)13-8-7-3-12-14-9(7)11-5-10-8/h3,5-6H,1-2,4H2,(H2,10,11,12,13,14)/t6-/m0/s1. The Morgan fingerprint density at radius 1 is 1.41 bits per heavy atom. The Hall–Kier alpha value is -1.70. The summed E-state index contributed by atoms with van der Waals surface area (Å²) in [6, 6.07) is -0.0759. The summed E-state index contributed by atoms with van der Waals surface area (Å²) in [5.41, 5.74) is 0.642. The smallest absolute Gasteiger partial charge is 0.160 e. The van der Waals surface area contributed by atoms with E-state index in [2.05, 4.69) is 25.5 Å². The van der Waals surface area contributed by atoms with Gasteiger partial charge in [0.25, 0.3) is 0 Å². The maximum atomic E-state index is 11.4. The molecule has 0 radical (unpaired) electrons. The van der Waals surface area contributed by atoms with Crippen molar-refractivity contribution in [2.45, 2.75) is 12.5 Å². The summed E-state index contributed by atoms with van der Waals surface area (Å²) in [4.78, 5) is 8.13. The molecular formula is C9H11N5O2S. The van der Waals surface area contributed by atoms with Crippen LogP contribution in [0, 0.1) is 0 Å².